The van der Waals surface area contributed by atoms with Gasteiger partial charge in [-0.25, -0.2) is 4.98 Å². The van der Waals surface area contributed by atoms with E-state index in [-0.39, 0.29) is 0 Å². The first-order valence-corrected chi connectivity index (χ1v) is 8.56. The monoisotopic (exact) mass is 333 g/mol. The summed E-state index contributed by atoms with van der Waals surface area (Å²) in [6.45, 7) is 4.02. The highest BCUT2D eigenvalue weighted by Crippen LogP contribution is 2.35. The molecule has 1 aromatic heterocycles. The van der Waals surface area contributed by atoms with E-state index in [1.807, 2.05) is 36.4 Å². The number of aryl methyl sites for hydroxylation is 1. The smallest absolute Gasteiger partial charge is 0.163 e. The molecule has 0 radical (unpaired) electrons. The van der Waals surface area contributed by atoms with E-state index in [9.17, 15) is 0 Å². The van der Waals surface area contributed by atoms with Gasteiger partial charge in [0.2, 0.25) is 0 Å². The van der Waals surface area contributed by atoms with E-state index in [1.54, 1.807) is 0 Å². The minimum atomic E-state index is 0.573. The summed E-state index contributed by atoms with van der Waals surface area (Å²) >= 11 is 0. The van der Waals surface area contributed by atoms with Gasteiger partial charge in [-0.1, -0.05) is 19.1 Å². The summed E-state index contributed by atoms with van der Waals surface area (Å²) in [7, 11) is 0. The fourth-order valence-electron chi connectivity index (χ4n) is 3.17. The summed E-state index contributed by atoms with van der Waals surface area (Å²) in [5, 5.41) is 8.96. The minimum Gasteiger partial charge on any atom is -0.486 e. The summed E-state index contributed by atoms with van der Waals surface area (Å²) in [5.41, 5.74) is 3.80. The van der Waals surface area contributed by atoms with Gasteiger partial charge in [0, 0.05) is 25.1 Å². The van der Waals surface area contributed by atoms with Crippen molar-refractivity contribution >= 4 is 11.0 Å². The van der Waals surface area contributed by atoms with Crippen LogP contribution in [-0.4, -0.2) is 22.8 Å². The van der Waals surface area contributed by atoms with Gasteiger partial charge in [-0.15, -0.1) is 0 Å². The van der Waals surface area contributed by atoms with Crippen molar-refractivity contribution in [3.63, 3.8) is 0 Å². The van der Waals surface area contributed by atoms with Crippen LogP contribution in [0.15, 0.2) is 36.4 Å². The Balaban J connectivity index is 1.79. The van der Waals surface area contributed by atoms with Crippen LogP contribution in [0, 0.1) is 11.3 Å². The predicted octanol–water partition coefficient (Wildman–Crippen LogP) is 3.68. The number of nitrogens with zero attached hydrogens (tertiary/aromatic N) is 3. The van der Waals surface area contributed by atoms with E-state index in [1.165, 1.54) is 0 Å². The Morgan fingerprint density at radius 2 is 1.84 bits per heavy atom. The second kappa shape index (κ2) is 6.48. The maximum atomic E-state index is 8.96. The van der Waals surface area contributed by atoms with Crippen LogP contribution in [0.5, 0.6) is 11.5 Å². The topological polar surface area (TPSA) is 60.1 Å². The van der Waals surface area contributed by atoms with Crippen molar-refractivity contribution < 1.29 is 9.47 Å². The third kappa shape index (κ3) is 2.91. The average Bonchev–Trinajstić information content (AvgIpc) is 2.97. The number of imidazole rings is 1. The minimum absolute atomic E-state index is 0.573. The Hall–Kier alpha value is -3.00. The number of rotatable bonds is 4. The number of benzene rings is 2. The third-order valence-electron chi connectivity index (χ3n) is 4.39. The summed E-state index contributed by atoms with van der Waals surface area (Å²) in [4.78, 5) is 4.82. The molecule has 0 bridgehead atoms. The van der Waals surface area contributed by atoms with Crippen molar-refractivity contribution in [3.8, 4) is 17.6 Å². The predicted molar refractivity (Wildman–Crippen MR) is 95.0 cm³/mol. The van der Waals surface area contributed by atoms with Gasteiger partial charge in [0.05, 0.1) is 22.7 Å². The first kappa shape index (κ1) is 15.5. The maximum absolute atomic E-state index is 8.96. The number of nitriles is 1. The lowest BCUT2D eigenvalue weighted by atomic mass is 10.1. The number of ether oxygens (including phenoxy) is 2. The van der Waals surface area contributed by atoms with Gasteiger partial charge in [0.15, 0.2) is 11.5 Å². The molecule has 126 valence electrons. The molecule has 2 heterocycles. The van der Waals surface area contributed by atoms with E-state index >= 15 is 0 Å². The number of aromatic nitrogens is 2. The molecule has 5 heteroatoms. The van der Waals surface area contributed by atoms with E-state index in [0.717, 1.165) is 53.3 Å². The van der Waals surface area contributed by atoms with Gasteiger partial charge in [-0.3, -0.25) is 0 Å². The van der Waals surface area contributed by atoms with Gasteiger partial charge in [0.25, 0.3) is 0 Å². The van der Waals surface area contributed by atoms with E-state index < -0.39 is 0 Å². The molecule has 5 nitrogen and oxygen atoms in total. The second-order valence-electron chi connectivity index (χ2n) is 6.16. The van der Waals surface area contributed by atoms with Crippen LogP contribution in [0.3, 0.4) is 0 Å². The highest BCUT2D eigenvalue weighted by Gasteiger charge is 2.18. The van der Waals surface area contributed by atoms with Crippen LogP contribution in [-0.2, 0) is 13.0 Å². The molecule has 2 aromatic carbocycles. The van der Waals surface area contributed by atoms with E-state index in [0.29, 0.717) is 18.8 Å². The Morgan fingerprint density at radius 3 is 2.52 bits per heavy atom. The molecule has 3 aromatic rings. The van der Waals surface area contributed by atoms with E-state index in [4.69, 9.17) is 19.7 Å². The van der Waals surface area contributed by atoms with Crippen LogP contribution in [0.25, 0.3) is 11.0 Å². The Bertz CT molecular complexity index is 952. The Morgan fingerprint density at radius 1 is 1.12 bits per heavy atom. The van der Waals surface area contributed by atoms with Crippen molar-refractivity contribution in [2.45, 2.75) is 26.3 Å². The zero-order valence-electron chi connectivity index (χ0n) is 14.2. The summed E-state index contributed by atoms with van der Waals surface area (Å²) in [5.74, 6) is 2.61. The Kier molecular flexibility index (Phi) is 4.02. The fraction of sp³-hybridized carbons (Fsp3) is 0.300. The molecule has 1 aliphatic heterocycles. The number of hydrogen-bond donors (Lipinski definition) is 0. The molecule has 0 N–H and O–H groups in total. The van der Waals surface area contributed by atoms with Crippen LogP contribution in [0.1, 0.15) is 30.3 Å². The quantitative estimate of drug-likeness (QED) is 0.731. The van der Waals surface area contributed by atoms with Gasteiger partial charge in [-0.05, 0) is 24.1 Å². The fourth-order valence-corrected chi connectivity index (χ4v) is 3.17. The molecule has 25 heavy (non-hydrogen) atoms. The lowest BCUT2D eigenvalue weighted by Gasteiger charge is -2.18. The van der Waals surface area contributed by atoms with Crippen LogP contribution < -0.4 is 9.47 Å². The van der Waals surface area contributed by atoms with Gasteiger partial charge in [0.1, 0.15) is 19.0 Å². The number of fused-ring (bicyclic) bond motifs is 2. The standard InChI is InChI=1S/C20H19N3O2/c1-2-3-20-22-16-10-18-19(25-9-8-24-18)11-17(16)23(20)13-15-6-4-14(12-21)5-7-15/h4-7,10-11H,2-3,8-9,13H2,1H3. The second-order valence-corrected chi connectivity index (χ2v) is 6.16. The molecular weight excluding hydrogens is 314 g/mol. The molecular formula is C20H19N3O2. The van der Waals surface area contributed by atoms with Crippen LogP contribution in [0.2, 0.25) is 0 Å². The Labute approximate surface area is 146 Å². The molecule has 0 unspecified atom stereocenters. The normalized spacial score (nSPS) is 13.0. The first-order chi connectivity index (χ1) is 12.3. The highest BCUT2D eigenvalue weighted by atomic mass is 16.6. The lowest BCUT2D eigenvalue weighted by Crippen LogP contribution is -2.15. The van der Waals surface area contributed by atoms with Crippen LogP contribution in [0.4, 0.5) is 0 Å². The van der Waals surface area contributed by atoms with Crippen molar-refractivity contribution in [1.29, 1.82) is 5.26 Å². The molecule has 0 fully saturated rings. The highest BCUT2D eigenvalue weighted by molar-refractivity contribution is 5.81. The molecule has 4 rings (SSSR count). The summed E-state index contributed by atoms with van der Waals surface area (Å²) in [6, 6.07) is 13.9. The summed E-state index contributed by atoms with van der Waals surface area (Å²) < 4.78 is 13.6. The first-order valence-electron chi connectivity index (χ1n) is 8.56. The molecule has 0 saturated heterocycles. The van der Waals surface area contributed by atoms with Gasteiger partial charge in [-0.2, -0.15) is 5.26 Å². The molecule has 0 saturated carbocycles. The largest absolute Gasteiger partial charge is 0.486 e. The average molecular weight is 333 g/mol. The lowest BCUT2D eigenvalue weighted by molar-refractivity contribution is 0.172. The molecule has 0 amide bonds. The van der Waals surface area contributed by atoms with Gasteiger partial charge >= 0.3 is 0 Å². The van der Waals surface area contributed by atoms with Crippen molar-refractivity contribution in [2.75, 3.05) is 13.2 Å². The molecule has 0 spiro atoms. The SMILES string of the molecule is CCCc1nc2cc3c(cc2n1Cc1ccc(C#N)cc1)OCCO3. The molecule has 0 aliphatic carbocycles. The number of hydrogen-bond acceptors (Lipinski definition) is 4. The van der Waals surface area contributed by atoms with Gasteiger partial charge < -0.3 is 14.0 Å². The third-order valence-corrected chi connectivity index (χ3v) is 4.39. The van der Waals surface area contributed by atoms with Crippen molar-refractivity contribution in [2.24, 2.45) is 0 Å². The summed E-state index contributed by atoms with van der Waals surface area (Å²) in [6.07, 6.45) is 1.95. The zero-order valence-corrected chi connectivity index (χ0v) is 14.2. The van der Waals surface area contributed by atoms with Crippen LogP contribution >= 0.6 is 0 Å². The molecule has 1 aliphatic rings. The van der Waals surface area contributed by atoms with Crippen molar-refractivity contribution in [1.82, 2.24) is 9.55 Å². The maximum Gasteiger partial charge on any atom is 0.163 e. The molecule has 0 atom stereocenters. The zero-order chi connectivity index (χ0) is 17.2. The van der Waals surface area contributed by atoms with E-state index in [2.05, 4.69) is 17.6 Å². The van der Waals surface area contributed by atoms with Crippen molar-refractivity contribution in [3.05, 3.63) is 53.3 Å².